The molecular weight excluding hydrogens is 500 g/mol. The van der Waals surface area contributed by atoms with Crippen LogP contribution in [0.4, 0.5) is 0 Å². The van der Waals surface area contributed by atoms with Crippen molar-refractivity contribution in [3.8, 4) is 45.7 Å². The summed E-state index contributed by atoms with van der Waals surface area (Å²) < 4.78 is 45.4. The van der Waals surface area contributed by atoms with Crippen molar-refractivity contribution in [3.05, 3.63) is 102 Å². The highest BCUT2D eigenvalue weighted by Crippen LogP contribution is 2.46. The molecule has 0 radical (unpaired) electrons. The van der Waals surface area contributed by atoms with Crippen LogP contribution in [0.25, 0.3) is 27.9 Å². The van der Waals surface area contributed by atoms with Gasteiger partial charge in [0.25, 0.3) is 0 Å². The van der Waals surface area contributed by atoms with Gasteiger partial charge in [-0.05, 0) is 78.7 Å². The normalized spacial score (nSPS) is 11.2. The number of hydrogen-bond donors (Lipinski definition) is 0. The lowest BCUT2D eigenvalue weighted by Crippen LogP contribution is -2.10. The Morgan fingerprint density at radius 2 is 1.37 bits per heavy atom. The molecule has 0 aliphatic carbocycles. The molecule has 0 N–H and O–H groups in total. The number of aromatic nitrogens is 1. The molecule has 7 nitrogen and oxygen atoms in total. The van der Waals surface area contributed by atoms with Crippen LogP contribution in [0.5, 0.6) is 17.2 Å². The molecule has 5 aromatic rings. The van der Waals surface area contributed by atoms with Crippen LogP contribution in [0.2, 0.25) is 0 Å². The van der Waals surface area contributed by atoms with E-state index in [0.717, 1.165) is 11.1 Å². The summed E-state index contributed by atoms with van der Waals surface area (Å²) >= 11 is 0. The number of benzene rings is 3. The fraction of sp³-hybridized carbons (Fsp3) is 0.100. The fourth-order valence-electron chi connectivity index (χ4n) is 4.30. The molecule has 5 rings (SSSR count). The highest BCUT2D eigenvalue weighted by Gasteiger charge is 2.28. The first-order chi connectivity index (χ1) is 18.3. The summed E-state index contributed by atoms with van der Waals surface area (Å²) in [4.78, 5) is 0.0329. The van der Waals surface area contributed by atoms with E-state index in [4.69, 9.17) is 13.7 Å². The zero-order valence-electron chi connectivity index (χ0n) is 21.0. The second kappa shape index (κ2) is 9.96. The third-order valence-corrected chi connectivity index (χ3v) is 7.50. The molecule has 0 fully saturated rings. The number of methoxy groups -OCH3 is 2. The Morgan fingerprint density at radius 3 is 1.92 bits per heavy atom. The number of ether oxygens (including phenoxy) is 2. The first-order valence-corrected chi connectivity index (χ1v) is 13.1. The largest absolute Gasteiger partial charge is 0.497 e. The Labute approximate surface area is 221 Å². The molecule has 0 aliphatic heterocycles. The molecule has 2 heterocycles. The zero-order valence-corrected chi connectivity index (χ0v) is 21.8. The molecule has 190 valence electrons. The Hall–Kier alpha value is -4.74. The lowest BCUT2D eigenvalue weighted by Gasteiger charge is -2.12. The number of pyridine rings is 1. The van der Waals surface area contributed by atoms with Gasteiger partial charge in [0.1, 0.15) is 16.4 Å². The molecule has 0 bridgehead atoms. The van der Waals surface area contributed by atoms with Gasteiger partial charge < -0.3 is 18.1 Å². The van der Waals surface area contributed by atoms with Gasteiger partial charge in [-0.25, -0.2) is 0 Å². The number of rotatable bonds is 7. The van der Waals surface area contributed by atoms with Crippen molar-refractivity contribution < 1.29 is 22.1 Å². The molecule has 0 saturated heterocycles. The Bertz CT molecular complexity index is 1770. The van der Waals surface area contributed by atoms with Gasteiger partial charge in [0.15, 0.2) is 5.75 Å². The van der Waals surface area contributed by atoms with Crippen LogP contribution >= 0.6 is 0 Å². The fourth-order valence-corrected chi connectivity index (χ4v) is 5.25. The van der Waals surface area contributed by atoms with Gasteiger partial charge in [-0.1, -0.05) is 29.8 Å². The SMILES string of the molecule is COc1ccc(-c2c(OS(=O)(=O)c3ccc(C)cc3)c3cc(C#N)ccn3c2-c2ccc(OC)cc2)cc1. The molecule has 0 spiro atoms. The molecule has 0 unspecified atom stereocenters. The van der Waals surface area contributed by atoms with E-state index >= 15 is 0 Å². The molecule has 0 saturated carbocycles. The molecule has 0 amide bonds. The number of aryl methyl sites for hydroxylation is 1. The van der Waals surface area contributed by atoms with Crippen LogP contribution in [0, 0.1) is 18.3 Å². The van der Waals surface area contributed by atoms with Crippen molar-refractivity contribution in [2.24, 2.45) is 0 Å². The van der Waals surface area contributed by atoms with Crippen LogP contribution in [0.15, 0.2) is 96.0 Å². The van der Waals surface area contributed by atoms with Crippen molar-refractivity contribution >= 4 is 15.6 Å². The number of hydrogen-bond acceptors (Lipinski definition) is 6. The van der Waals surface area contributed by atoms with Gasteiger partial charge in [-0.15, -0.1) is 0 Å². The van der Waals surface area contributed by atoms with Gasteiger partial charge in [0, 0.05) is 6.20 Å². The standard InChI is InChI=1S/C30H24N2O5S/c1-20-4-14-26(15-5-20)38(33,34)37-30-27-18-21(19-31)16-17-32(27)29(23-8-12-25(36-3)13-9-23)28(30)22-6-10-24(35-2)11-7-22/h4-18H,1-3H3. The van der Waals surface area contributed by atoms with E-state index in [-0.39, 0.29) is 10.6 Å². The molecule has 0 atom stereocenters. The van der Waals surface area contributed by atoms with Crippen LogP contribution in [0.1, 0.15) is 11.1 Å². The molecule has 0 aliphatic rings. The maximum atomic E-state index is 13.5. The minimum absolute atomic E-state index is 0.0329. The summed E-state index contributed by atoms with van der Waals surface area (Å²) in [5.74, 6) is 1.47. The van der Waals surface area contributed by atoms with E-state index in [1.54, 1.807) is 56.8 Å². The van der Waals surface area contributed by atoms with Crippen molar-refractivity contribution in [2.45, 2.75) is 11.8 Å². The summed E-state index contributed by atoms with van der Waals surface area (Å²) in [7, 11) is -1.03. The van der Waals surface area contributed by atoms with Crippen LogP contribution in [0.3, 0.4) is 0 Å². The maximum Gasteiger partial charge on any atom is 0.339 e. The Kier molecular flexibility index (Phi) is 6.53. The van der Waals surface area contributed by atoms with Crippen molar-refractivity contribution in [2.75, 3.05) is 14.2 Å². The van der Waals surface area contributed by atoms with E-state index in [9.17, 15) is 13.7 Å². The zero-order chi connectivity index (χ0) is 26.9. The highest BCUT2D eigenvalue weighted by molar-refractivity contribution is 7.87. The number of nitriles is 1. The molecule has 3 aromatic carbocycles. The monoisotopic (exact) mass is 524 g/mol. The smallest absolute Gasteiger partial charge is 0.339 e. The van der Waals surface area contributed by atoms with Crippen molar-refractivity contribution in [1.82, 2.24) is 4.40 Å². The second-order valence-electron chi connectivity index (χ2n) is 8.64. The third-order valence-electron chi connectivity index (χ3n) is 6.27. The van der Waals surface area contributed by atoms with E-state index in [0.29, 0.717) is 39.4 Å². The molecular formula is C30H24N2O5S. The van der Waals surface area contributed by atoms with E-state index < -0.39 is 10.1 Å². The molecule has 38 heavy (non-hydrogen) atoms. The summed E-state index contributed by atoms with van der Waals surface area (Å²) in [5, 5.41) is 9.60. The van der Waals surface area contributed by atoms with Gasteiger partial charge in [0.2, 0.25) is 0 Å². The molecule has 8 heteroatoms. The quantitative estimate of drug-likeness (QED) is 0.234. The Balaban J connectivity index is 1.83. The van der Waals surface area contributed by atoms with Crippen LogP contribution < -0.4 is 13.7 Å². The second-order valence-corrected chi connectivity index (χ2v) is 10.2. The van der Waals surface area contributed by atoms with Crippen molar-refractivity contribution in [1.29, 1.82) is 5.26 Å². The summed E-state index contributed by atoms with van der Waals surface area (Å²) in [5.41, 5.74) is 4.52. The third kappa shape index (κ3) is 4.56. The molecule has 2 aromatic heterocycles. The number of nitrogens with zero attached hydrogens (tertiary/aromatic N) is 2. The summed E-state index contributed by atoms with van der Waals surface area (Å²) in [6.07, 6.45) is 1.74. The van der Waals surface area contributed by atoms with Gasteiger partial charge in [-0.3, -0.25) is 0 Å². The summed E-state index contributed by atoms with van der Waals surface area (Å²) in [6, 6.07) is 26.6. The Morgan fingerprint density at radius 1 is 0.789 bits per heavy atom. The lowest BCUT2D eigenvalue weighted by molar-refractivity contribution is 0.414. The van der Waals surface area contributed by atoms with E-state index in [2.05, 4.69) is 6.07 Å². The van der Waals surface area contributed by atoms with Gasteiger partial charge in [-0.2, -0.15) is 13.7 Å². The van der Waals surface area contributed by atoms with Crippen LogP contribution in [-0.4, -0.2) is 27.0 Å². The maximum absolute atomic E-state index is 13.5. The lowest BCUT2D eigenvalue weighted by atomic mass is 10.0. The average molecular weight is 525 g/mol. The minimum atomic E-state index is -4.20. The van der Waals surface area contributed by atoms with Gasteiger partial charge >= 0.3 is 10.1 Å². The average Bonchev–Trinajstić information content (AvgIpc) is 3.25. The predicted molar refractivity (Wildman–Crippen MR) is 145 cm³/mol. The first-order valence-electron chi connectivity index (χ1n) is 11.7. The highest BCUT2D eigenvalue weighted by atomic mass is 32.2. The van der Waals surface area contributed by atoms with E-state index in [1.807, 2.05) is 47.7 Å². The van der Waals surface area contributed by atoms with Crippen LogP contribution in [-0.2, 0) is 10.1 Å². The number of fused-ring (bicyclic) bond motifs is 1. The van der Waals surface area contributed by atoms with E-state index in [1.165, 1.54) is 12.1 Å². The predicted octanol–water partition coefficient (Wildman–Crippen LogP) is 6.24. The minimum Gasteiger partial charge on any atom is -0.497 e. The van der Waals surface area contributed by atoms with Gasteiger partial charge in [0.05, 0.1) is 42.6 Å². The topological polar surface area (TPSA) is 90.0 Å². The van der Waals surface area contributed by atoms with Crippen molar-refractivity contribution in [3.63, 3.8) is 0 Å². The summed E-state index contributed by atoms with van der Waals surface area (Å²) in [6.45, 7) is 1.88. The first kappa shape index (κ1) is 24.9.